The van der Waals surface area contributed by atoms with Crippen molar-refractivity contribution in [2.45, 2.75) is 6.23 Å². The number of rotatable bonds is 1. The molecule has 0 aromatic heterocycles. The van der Waals surface area contributed by atoms with E-state index in [9.17, 15) is 9.18 Å². The van der Waals surface area contributed by atoms with Crippen molar-refractivity contribution < 1.29 is 14.3 Å². The minimum Gasteiger partial charge on any atom is -0.370 e. The highest BCUT2D eigenvalue weighted by Crippen LogP contribution is 2.08. The van der Waals surface area contributed by atoms with Gasteiger partial charge in [0.25, 0.3) is 0 Å². The SMILES string of the molecule is O=CC1=C(F)NC(O)C=C1. The topological polar surface area (TPSA) is 49.3 Å². The number of aliphatic hydroxyl groups is 1. The van der Waals surface area contributed by atoms with E-state index in [0.717, 1.165) is 0 Å². The molecule has 0 amide bonds. The van der Waals surface area contributed by atoms with Crippen LogP contribution in [0.1, 0.15) is 0 Å². The summed E-state index contributed by atoms with van der Waals surface area (Å²) in [4.78, 5) is 10.0. The highest BCUT2D eigenvalue weighted by atomic mass is 19.1. The van der Waals surface area contributed by atoms with Gasteiger partial charge in [0.2, 0.25) is 0 Å². The van der Waals surface area contributed by atoms with Crippen LogP contribution in [0.25, 0.3) is 0 Å². The number of hydrogen-bond acceptors (Lipinski definition) is 3. The van der Waals surface area contributed by atoms with E-state index in [1.54, 1.807) is 0 Å². The van der Waals surface area contributed by atoms with Gasteiger partial charge in [-0.05, 0) is 12.2 Å². The number of carbonyl (C=O) groups is 1. The average molecular weight is 143 g/mol. The lowest BCUT2D eigenvalue weighted by Gasteiger charge is -2.12. The summed E-state index contributed by atoms with van der Waals surface area (Å²) in [6, 6.07) is 0. The van der Waals surface area contributed by atoms with Gasteiger partial charge in [0.1, 0.15) is 6.23 Å². The Balaban J connectivity index is 2.82. The molecule has 0 aliphatic carbocycles. The molecule has 2 N–H and O–H groups in total. The molecule has 1 heterocycles. The number of dihydropyridines is 1. The van der Waals surface area contributed by atoms with E-state index in [2.05, 4.69) is 0 Å². The molecule has 10 heavy (non-hydrogen) atoms. The number of aliphatic hydroxyl groups excluding tert-OH is 1. The molecule has 0 fully saturated rings. The van der Waals surface area contributed by atoms with Crippen LogP contribution in [0.4, 0.5) is 4.39 Å². The van der Waals surface area contributed by atoms with Gasteiger partial charge in [0, 0.05) is 0 Å². The minimum atomic E-state index is -1.02. The van der Waals surface area contributed by atoms with Gasteiger partial charge in [-0.15, -0.1) is 0 Å². The zero-order chi connectivity index (χ0) is 7.56. The normalized spacial score (nSPS) is 24.4. The summed E-state index contributed by atoms with van der Waals surface area (Å²) in [6.45, 7) is 0. The fourth-order valence-electron chi connectivity index (χ4n) is 0.620. The zero-order valence-electron chi connectivity index (χ0n) is 5.04. The van der Waals surface area contributed by atoms with Crippen molar-refractivity contribution in [2.24, 2.45) is 0 Å². The van der Waals surface area contributed by atoms with Crippen LogP contribution in [-0.2, 0) is 4.79 Å². The van der Waals surface area contributed by atoms with Crippen molar-refractivity contribution >= 4 is 6.29 Å². The number of carbonyl (C=O) groups excluding carboxylic acids is 1. The summed E-state index contributed by atoms with van der Waals surface area (Å²) < 4.78 is 12.4. The second-order valence-electron chi connectivity index (χ2n) is 1.84. The largest absolute Gasteiger partial charge is 0.370 e. The van der Waals surface area contributed by atoms with Gasteiger partial charge in [-0.25, -0.2) is 0 Å². The van der Waals surface area contributed by atoms with Crippen LogP contribution in [0, 0.1) is 0 Å². The molecular formula is C6H6FNO2. The highest BCUT2D eigenvalue weighted by Gasteiger charge is 2.10. The first-order chi connectivity index (χ1) is 4.74. The van der Waals surface area contributed by atoms with E-state index in [0.29, 0.717) is 6.29 Å². The highest BCUT2D eigenvalue weighted by molar-refractivity contribution is 5.78. The fourth-order valence-corrected chi connectivity index (χ4v) is 0.620. The Hall–Kier alpha value is -1.16. The molecule has 0 spiro atoms. The number of allylic oxidation sites excluding steroid dienone is 2. The maximum Gasteiger partial charge on any atom is 0.199 e. The molecule has 1 aliphatic rings. The van der Waals surface area contributed by atoms with Gasteiger partial charge in [0.05, 0.1) is 5.57 Å². The van der Waals surface area contributed by atoms with Crippen molar-refractivity contribution in [3.8, 4) is 0 Å². The van der Waals surface area contributed by atoms with Crippen molar-refractivity contribution in [2.75, 3.05) is 0 Å². The average Bonchev–Trinajstić information content (AvgIpc) is 1.88. The summed E-state index contributed by atoms with van der Waals surface area (Å²) in [6.07, 6.45) is 1.87. The van der Waals surface area contributed by atoms with Crippen LogP contribution in [0.2, 0.25) is 0 Å². The van der Waals surface area contributed by atoms with E-state index in [1.165, 1.54) is 12.2 Å². The second-order valence-corrected chi connectivity index (χ2v) is 1.84. The van der Waals surface area contributed by atoms with Crippen molar-refractivity contribution in [1.82, 2.24) is 5.32 Å². The van der Waals surface area contributed by atoms with Crippen molar-refractivity contribution in [3.63, 3.8) is 0 Å². The van der Waals surface area contributed by atoms with Gasteiger partial charge in [-0.3, -0.25) is 4.79 Å². The zero-order valence-corrected chi connectivity index (χ0v) is 5.04. The third-order valence-electron chi connectivity index (χ3n) is 1.11. The van der Waals surface area contributed by atoms with Crippen LogP contribution in [0.5, 0.6) is 0 Å². The number of hydrogen-bond donors (Lipinski definition) is 2. The summed E-state index contributed by atoms with van der Waals surface area (Å²) in [5.74, 6) is -0.787. The van der Waals surface area contributed by atoms with Crippen LogP contribution < -0.4 is 5.32 Å². The quantitative estimate of drug-likeness (QED) is 0.396. The van der Waals surface area contributed by atoms with E-state index in [1.807, 2.05) is 5.32 Å². The van der Waals surface area contributed by atoms with Gasteiger partial charge in [-0.1, -0.05) is 0 Å². The first-order valence-corrected chi connectivity index (χ1v) is 2.72. The number of aldehydes is 1. The Morgan fingerprint density at radius 1 is 1.80 bits per heavy atom. The summed E-state index contributed by atoms with van der Waals surface area (Å²) in [7, 11) is 0. The van der Waals surface area contributed by atoms with Gasteiger partial charge >= 0.3 is 0 Å². The second kappa shape index (κ2) is 2.62. The van der Waals surface area contributed by atoms with Crippen LogP contribution in [0.3, 0.4) is 0 Å². The Kier molecular flexibility index (Phi) is 1.82. The van der Waals surface area contributed by atoms with Gasteiger partial charge < -0.3 is 10.4 Å². The lowest BCUT2D eigenvalue weighted by molar-refractivity contribution is -0.104. The number of nitrogens with one attached hydrogen (secondary N) is 1. The minimum absolute atomic E-state index is 0.0784. The molecule has 1 unspecified atom stereocenters. The van der Waals surface area contributed by atoms with Crippen LogP contribution in [0.15, 0.2) is 23.7 Å². The molecule has 0 saturated heterocycles. The summed E-state index contributed by atoms with van der Waals surface area (Å²) in [5.41, 5.74) is -0.0784. The van der Waals surface area contributed by atoms with Crippen LogP contribution >= 0.6 is 0 Å². The molecular weight excluding hydrogens is 137 g/mol. The first kappa shape index (κ1) is 6.95. The molecule has 0 bridgehead atoms. The summed E-state index contributed by atoms with van der Waals surface area (Å²) in [5, 5.41) is 10.7. The molecule has 4 heteroatoms. The molecule has 0 aromatic carbocycles. The molecule has 1 aliphatic heterocycles. The molecule has 54 valence electrons. The number of halogens is 1. The van der Waals surface area contributed by atoms with E-state index in [-0.39, 0.29) is 5.57 Å². The molecule has 0 aromatic rings. The molecule has 1 atom stereocenters. The maximum atomic E-state index is 12.4. The smallest absolute Gasteiger partial charge is 0.199 e. The van der Waals surface area contributed by atoms with E-state index in [4.69, 9.17) is 5.11 Å². The van der Waals surface area contributed by atoms with E-state index >= 15 is 0 Å². The predicted octanol–water partition coefficient (Wildman–Crippen LogP) is -0.156. The molecule has 0 radical (unpaired) electrons. The van der Waals surface area contributed by atoms with E-state index < -0.39 is 12.2 Å². The van der Waals surface area contributed by atoms with Crippen LogP contribution in [-0.4, -0.2) is 17.6 Å². The Bertz CT molecular complexity index is 210. The molecule has 1 rings (SSSR count). The standard InChI is InChI=1S/C6H6FNO2/c7-6-4(3-9)1-2-5(10)8-6/h1-3,5,8,10H. The third-order valence-corrected chi connectivity index (χ3v) is 1.11. The Morgan fingerprint density at radius 3 is 3.00 bits per heavy atom. The lowest BCUT2D eigenvalue weighted by Crippen LogP contribution is -2.27. The Morgan fingerprint density at radius 2 is 2.50 bits per heavy atom. The maximum absolute atomic E-state index is 12.4. The van der Waals surface area contributed by atoms with Gasteiger partial charge in [0.15, 0.2) is 12.2 Å². The summed E-state index contributed by atoms with van der Waals surface area (Å²) >= 11 is 0. The van der Waals surface area contributed by atoms with Crippen molar-refractivity contribution in [3.05, 3.63) is 23.7 Å². The third kappa shape index (κ3) is 1.22. The predicted molar refractivity (Wildman–Crippen MR) is 32.5 cm³/mol. The molecule has 0 saturated carbocycles. The Labute approximate surface area is 56.9 Å². The van der Waals surface area contributed by atoms with Crippen molar-refractivity contribution in [1.29, 1.82) is 0 Å². The first-order valence-electron chi connectivity index (χ1n) is 2.72. The molecule has 3 nitrogen and oxygen atoms in total. The lowest BCUT2D eigenvalue weighted by atomic mass is 10.2. The monoisotopic (exact) mass is 143 g/mol. The fraction of sp³-hybridized carbons (Fsp3) is 0.167. The van der Waals surface area contributed by atoms with Gasteiger partial charge in [-0.2, -0.15) is 4.39 Å².